The number of carbonyl (C=O) groups excluding carboxylic acids is 1. The van der Waals surface area contributed by atoms with Crippen molar-refractivity contribution in [1.29, 1.82) is 0 Å². The summed E-state index contributed by atoms with van der Waals surface area (Å²) >= 11 is 0. The summed E-state index contributed by atoms with van der Waals surface area (Å²) in [4.78, 5) is 19.5. The monoisotopic (exact) mass is 349 g/mol. The Labute approximate surface area is 155 Å². The van der Waals surface area contributed by atoms with Crippen LogP contribution in [0.15, 0.2) is 48.8 Å². The first-order valence-electron chi connectivity index (χ1n) is 9.02. The number of aromatic nitrogens is 2. The van der Waals surface area contributed by atoms with E-state index in [-0.39, 0.29) is 11.4 Å². The minimum atomic E-state index is -0.254. The number of nitrogens with zero attached hydrogens (tertiary/aromatic N) is 3. The van der Waals surface area contributed by atoms with Gasteiger partial charge in [0.05, 0.1) is 17.4 Å². The number of hydrogen-bond donors (Lipinski definition) is 0. The standard InChI is InChI=1S/C22H27N3O/c1-16-11-19-20(12-17(16)2)24(15-23-19)14-21(26)25(22(3,4)5)13-18-9-7-6-8-10-18/h6-12,15H,13-14H2,1-5H3. The van der Waals surface area contributed by atoms with Crippen LogP contribution in [-0.2, 0) is 17.9 Å². The van der Waals surface area contributed by atoms with Crippen molar-refractivity contribution in [2.45, 2.75) is 53.2 Å². The third-order valence-corrected chi connectivity index (χ3v) is 4.84. The third-order valence-electron chi connectivity index (χ3n) is 4.84. The van der Waals surface area contributed by atoms with Crippen LogP contribution in [0.25, 0.3) is 11.0 Å². The van der Waals surface area contributed by atoms with Gasteiger partial charge in [0.2, 0.25) is 5.91 Å². The van der Waals surface area contributed by atoms with Crippen molar-refractivity contribution in [2.75, 3.05) is 0 Å². The molecule has 3 rings (SSSR count). The fourth-order valence-electron chi connectivity index (χ4n) is 3.14. The van der Waals surface area contributed by atoms with Crippen LogP contribution in [0.4, 0.5) is 0 Å². The summed E-state index contributed by atoms with van der Waals surface area (Å²) < 4.78 is 1.95. The second kappa shape index (κ2) is 6.94. The van der Waals surface area contributed by atoms with E-state index in [1.165, 1.54) is 11.1 Å². The molecule has 1 heterocycles. The number of amides is 1. The molecule has 0 fully saturated rings. The van der Waals surface area contributed by atoms with Gasteiger partial charge >= 0.3 is 0 Å². The molecule has 0 spiro atoms. The molecule has 4 heteroatoms. The SMILES string of the molecule is Cc1cc2ncn(CC(=O)N(Cc3ccccc3)C(C)(C)C)c2cc1C. The molecule has 1 aromatic heterocycles. The molecule has 0 N–H and O–H groups in total. The maximum Gasteiger partial charge on any atom is 0.243 e. The molecule has 2 aromatic carbocycles. The molecule has 3 aromatic rings. The zero-order chi connectivity index (χ0) is 18.9. The van der Waals surface area contributed by atoms with Crippen molar-refractivity contribution >= 4 is 16.9 Å². The Bertz CT molecular complexity index is 920. The van der Waals surface area contributed by atoms with Gasteiger partial charge in [-0.05, 0) is 63.4 Å². The fourth-order valence-corrected chi connectivity index (χ4v) is 3.14. The van der Waals surface area contributed by atoms with Gasteiger partial charge in [-0.15, -0.1) is 0 Å². The molecule has 0 saturated heterocycles. The second-order valence-corrected chi connectivity index (χ2v) is 7.93. The summed E-state index contributed by atoms with van der Waals surface area (Å²) in [6.45, 7) is 11.3. The number of carbonyl (C=O) groups is 1. The Hall–Kier alpha value is -2.62. The van der Waals surface area contributed by atoms with Crippen LogP contribution in [-0.4, -0.2) is 25.9 Å². The average Bonchev–Trinajstić information content (AvgIpc) is 2.95. The van der Waals surface area contributed by atoms with Crippen LogP contribution in [0.1, 0.15) is 37.5 Å². The summed E-state index contributed by atoms with van der Waals surface area (Å²) in [6, 6.07) is 14.3. The van der Waals surface area contributed by atoms with E-state index in [2.05, 4.69) is 63.9 Å². The molecule has 4 nitrogen and oxygen atoms in total. The van der Waals surface area contributed by atoms with E-state index in [4.69, 9.17) is 0 Å². The minimum Gasteiger partial charge on any atom is -0.332 e. The summed E-state index contributed by atoms with van der Waals surface area (Å²) in [5.74, 6) is 0.0962. The Morgan fingerprint density at radius 3 is 2.38 bits per heavy atom. The second-order valence-electron chi connectivity index (χ2n) is 7.93. The predicted molar refractivity (Wildman–Crippen MR) is 106 cm³/mol. The highest BCUT2D eigenvalue weighted by Gasteiger charge is 2.27. The Balaban J connectivity index is 1.87. The minimum absolute atomic E-state index is 0.0962. The number of aryl methyl sites for hydroxylation is 2. The van der Waals surface area contributed by atoms with Gasteiger partial charge in [-0.2, -0.15) is 0 Å². The maximum absolute atomic E-state index is 13.1. The summed E-state index contributed by atoms with van der Waals surface area (Å²) in [5, 5.41) is 0. The van der Waals surface area contributed by atoms with Crippen molar-refractivity contribution in [3.05, 3.63) is 65.5 Å². The Morgan fingerprint density at radius 1 is 1.08 bits per heavy atom. The first-order chi connectivity index (χ1) is 12.3. The summed E-state index contributed by atoms with van der Waals surface area (Å²) in [7, 11) is 0. The molecule has 26 heavy (non-hydrogen) atoms. The average molecular weight is 349 g/mol. The van der Waals surface area contributed by atoms with Gasteiger partial charge in [0.1, 0.15) is 6.54 Å². The number of fused-ring (bicyclic) bond motifs is 1. The zero-order valence-corrected chi connectivity index (χ0v) is 16.3. The Morgan fingerprint density at radius 2 is 1.73 bits per heavy atom. The number of hydrogen-bond acceptors (Lipinski definition) is 2. The van der Waals surface area contributed by atoms with Gasteiger partial charge in [0.15, 0.2) is 0 Å². The van der Waals surface area contributed by atoms with Crippen LogP contribution in [0, 0.1) is 13.8 Å². The molecular formula is C22H27N3O. The molecule has 1 amide bonds. The van der Waals surface area contributed by atoms with E-state index < -0.39 is 0 Å². The quantitative estimate of drug-likeness (QED) is 0.696. The van der Waals surface area contributed by atoms with Gasteiger partial charge in [0, 0.05) is 12.1 Å². The van der Waals surface area contributed by atoms with Crippen LogP contribution in [0.3, 0.4) is 0 Å². The van der Waals surface area contributed by atoms with E-state index in [0.29, 0.717) is 13.1 Å². The Kier molecular flexibility index (Phi) is 4.86. The predicted octanol–water partition coefficient (Wildman–Crippen LogP) is 4.48. The molecule has 0 aliphatic heterocycles. The summed E-state index contributed by atoms with van der Waals surface area (Å²) in [5.41, 5.74) is 5.26. The summed E-state index contributed by atoms with van der Waals surface area (Å²) in [6.07, 6.45) is 1.77. The van der Waals surface area contributed by atoms with Crippen molar-refractivity contribution in [2.24, 2.45) is 0 Å². The highest BCUT2D eigenvalue weighted by atomic mass is 16.2. The van der Waals surface area contributed by atoms with Gasteiger partial charge in [-0.3, -0.25) is 4.79 Å². The first kappa shape index (κ1) is 18.2. The number of benzene rings is 2. The number of rotatable bonds is 4. The van der Waals surface area contributed by atoms with E-state index in [9.17, 15) is 4.79 Å². The fraction of sp³-hybridized carbons (Fsp3) is 0.364. The van der Waals surface area contributed by atoms with Crippen molar-refractivity contribution in [1.82, 2.24) is 14.5 Å². The van der Waals surface area contributed by atoms with Gasteiger partial charge in [-0.1, -0.05) is 30.3 Å². The lowest BCUT2D eigenvalue weighted by atomic mass is 10.0. The van der Waals surface area contributed by atoms with Crippen LogP contribution in [0.5, 0.6) is 0 Å². The largest absolute Gasteiger partial charge is 0.332 e. The molecule has 0 saturated carbocycles. The van der Waals surface area contributed by atoms with Gasteiger partial charge < -0.3 is 9.47 Å². The molecular weight excluding hydrogens is 322 g/mol. The molecule has 136 valence electrons. The third kappa shape index (κ3) is 3.79. The molecule has 0 aliphatic rings. The molecule has 0 radical (unpaired) electrons. The van der Waals surface area contributed by atoms with Crippen molar-refractivity contribution in [3.8, 4) is 0 Å². The molecule has 0 atom stereocenters. The van der Waals surface area contributed by atoms with Gasteiger partial charge in [-0.25, -0.2) is 4.98 Å². The van der Waals surface area contributed by atoms with E-state index in [0.717, 1.165) is 16.6 Å². The van der Waals surface area contributed by atoms with Crippen molar-refractivity contribution < 1.29 is 4.79 Å². The topological polar surface area (TPSA) is 38.1 Å². The molecule has 0 unspecified atom stereocenters. The lowest BCUT2D eigenvalue weighted by molar-refractivity contribution is -0.137. The smallest absolute Gasteiger partial charge is 0.243 e. The van der Waals surface area contributed by atoms with E-state index >= 15 is 0 Å². The zero-order valence-electron chi connectivity index (χ0n) is 16.3. The lowest BCUT2D eigenvalue weighted by Gasteiger charge is -2.36. The highest BCUT2D eigenvalue weighted by molar-refractivity contribution is 5.82. The van der Waals surface area contributed by atoms with E-state index in [1.54, 1.807) is 6.33 Å². The lowest BCUT2D eigenvalue weighted by Crippen LogP contribution is -2.46. The van der Waals surface area contributed by atoms with Crippen molar-refractivity contribution in [3.63, 3.8) is 0 Å². The van der Waals surface area contributed by atoms with Crippen LogP contribution in [0.2, 0.25) is 0 Å². The first-order valence-corrected chi connectivity index (χ1v) is 9.02. The van der Waals surface area contributed by atoms with Gasteiger partial charge in [0.25, 0.3) is 0 Å². The number of imidazole rings is 1. The van der Waals surface area contributed by atoms with E-state index in [1.807, 2.05) is 27.7 Å². The molecule has 0 aliphatic carbocycles. The van der Waals surface area contributed by atoms with Crippen LogP contribution >= 0.6 is 0 Å². The van der Waals surface area contributed by atoms with Crippen LogP contribution < -0.4 is 0 Å². The highest BCUT2D eigenvalue weighted by Crippen LogP contribution is 2.21. The normalized spacial score (nSPS) is 11.7. The molecule has 0 bridgehead atoms. The maximum atomic E-state index is 13.1.